The number of nitrogens with one attached hydrogen (secondary N) is 1. The van der Waals surface area contributed by atoms with Crippen LogP contribution in [0.2, 0.25) is 5.02 Å². The van der Waals surface area contributed by atoms with E-state index in [1.807, 2.05) is 13.0 Å². The summed E-state index contributed by atoms with van der Waals surface area (Å²) in [4.78, 5) is 25.6. The maximum Gasteiger partial charge on any atom is 0.321 e. The van der Waals surface area contributed by atoms with E-state index in [9.17, 15) is 14.7 Å². The van der Waals surface area contributed by atoms with Crippen molar-refractivity contribution in [2.24, 2.45) is 11.3 Å². The Balaban J connectivity index is 1.71. The second kappa shape index (κ2) is 5.47. The van der Waals surface area contributed by atoms with Crippen LogP contribution in [0.15, 0.2) is 18.2 Å². The van der Waals surface area contributed by atoms with E-state index in [0.29, 0.717) is 30.2 Å². The molecule has 2 N–H and O–H groups in total. The first kappa shape index (κ1) is 15.2. The van der Waals surface area contributed by atoms with Crippen molar-refractivity contribution in [2.75, 3.05) is 18.4 Å². The Bertz CT molecular complexity index is 634. The minimum absolute atomic E-state index is 0.0670. The number of aliphatic carboxylic acids is 1. The van der Waals surface area contributed by atoms with Gasteiger partial charge in [0.25, 0.3) is 0 Å². The molecule has 1 aliphatic heterocycles. The van der Waals surface area contributed by atoms with Crippen LogP contribution in [0.25, 0.3) is 0 Å². The maximum atomic E-state index is 12.4. The van der Waals surface area contributed by atoms with Crippen molar-refractivity contribution in [3.05, 3.63) is 28.8 Å². The summed E-state index contributed by atoms with van der Waals surface area (Å²) in [5.41, 5.74) is 0.824. The minimum Gasteiger partial charge on any atom is -0.481 e. The summed E-state index contributed by atoms with van der Waals surface area (Å²) in [5.74, 6) is -0.707. The van der Waals surface area contributed by atoms with Crippen molar-refractivity contribution in [1.82, 2.24) is 4.90 Å². The lowest BCUT2D eigenvalue weighted by Crippen LogP contribution is -2.38. The second-order valence-electron chi connectivity index (χ2n) is 6.33. The molecular weight excluding hydrogens is 304 g/mol. The fourth-order valence-corrected chi connectivity index (χ4v) is 3.85. The van der Waals surface area contributed by atoms with Gasteiger partial charge in [0.05, 0.1) is 5.41 Å². The number of carboxylic acids is 1. The number of carboxylic acid groups (broad SMARTS) is 1. The van der Waals surface area contributed by atoms with Gasteiger partial charge >= 0.3 is 12.0 Å². The summed E-state index contributed by atoms with van der Waals surface area (Å²) < 4.78 is 0. The number of hydrogen-bond acceptors (Lipinski definition) is 2. The van der Waals surface area contributed by atoms with Gasteiger partial charge in [-0.1, -0.05) is 24.1 Å². The Labute approximate surface area is 134 Å². The predicted octanol–water partition coefficient (Wildman–Crippen LogP) is 3.37. The average molecular weight is 323 g/mol. The quantitative estimate of drug-likeness (QED) is 0.877. The summed E-state index contributed by atoms with van der Waals surface area (Å²) in [6.07, 6.45) is 2.47. The monoisotopic (exact) mass is 322 g/mol. The van der Waals surface area contributed by atoms with Crippen molar-refractivity contribution in [3.63, 3.8) is 0 Å². The van der Waals surface area contributed by atoms with Gasteiger partial charge in [-0.15, -0.1) is 0 Å². The van der Waals surface area contributed by atoms with Crippen LogP contribution in [-0.2, 0) is 4.79 Å². The number of carbonyl (C=O) groups is 2. The first-order chi connectivity index (χ1) is 10.4. The average Bonchev–Trinajstić information content (AvgIpc) is 3.00. The third-order valence-electron chi connectivity index (χ3n) is 5.01. The van der Waals surface area contributed by atoms with E-state index in [-0.39, 0.29) is 11.9 Å². The lowest BCUT2D eigenvalue weighted by molar-refractivity contribution is -0.149. The molecule has 0 radical (unpaired) electrons. The van der Waals surface area contributed by atoms with E-state index >= 15 is 0 Å². The van der Waals surface area contributed by atoms with Crippen LogP contribution in [0.4, 0.5) is 10.5 Å². The minimum atomic E-state index is -0.774. The molecule has 1 aromatic carbocycles. The summed E-state index contributed by atoms with van der Waals surface area (Å²) in [6, 6.07) is 5.09. The van der Waals surface area contributed by atoms with Gasteiger partial charge in [0.15, 0.2) is 0 Å². The van der Waals surface area contributed by atoms with E-state index in [1.165, 1.54) is 0 Å². The Morgan fingerprint density at radius 2 is 2.23 bits per heavy atom. The van der Waals surface area contributed by atoms with Crippen LogP contribution in [0, 0.1) is 18.3 Å². The van der Waals surface area contributed by atoms with Crippen LogP contribution >= 0.6 is 11.6 Å². The van der Waals surface area contributed by atoms with Crippen molar-refractivity contribution >= 4 is 29.3 Å². The first-order valence-electron chi connectivity index (χ1n) is 7.48. The van der Waals surface area contributed by atoms with Gasteiger partial charge in [-0.05, 0) is 43.4 Å². The van der Waals surface area contributed by atoms with Crippen molar-refractivity contribution < 1.29 is 14.7 Å². The second-order valence-corrected chi connectivity index (χ2v) is 6.73. The van der Waals surface area contributed by atoms with E-state index in [4.69, 9.17) is 11.6 Å². The molecular formula is C16H19ClN2O3. The van der Waals surface area contributed by atoms with Crippen molar-refractivity contribution in [3.8, 4) is 0 Å². The third kappa shape index (κ3) is 2.43. The summed E-state index contributed by atoms with van der Waals surface area (Å²) in [7, 11) is 0. The fourth-order valence-electron chi connectivity index (χ4n) is 3.67. The van der Waals surface area contributed by atoms with Crippen LogP contribution in [0.1, 0.15) is 24.8 Å². The Hall–Kier alpha value is -1.75. The molecule has 0 bridgehead atoms. The molecule has 5 nitrogen and oxygen atoms in total. The van der Waals surface area contributed by atoms with Gasteiger partial charge in [0.2, 0.25) is 0 Å². The van der Waals surface area contributed by atoms with Gasteiger partial charge in [-0.3, -0.25) is 4.79 Å². The fraction of sp³-hybridized carbons (Fsp3) is 0.500. The number of aryl methyl sites for hydroxylation is 1. The van der Waals surface area contributed by atoms with Crippen LogP contribution in [0.5, 0.6) is 0 Å². The smallest absolute Gasteiger partial charge is 0.321 e. The SMILES string of the molecule is Cc1ccc(NC(=O)N2C[C@@H]3CCC[C@@]3(C(=O)O)C2)cc1Cl. The first-order valence-corrected chi connectivity index (χ1v) is 7.86. The molecule has 0 aromatic heterocycles. The molecule has 2 aliphatic rings. The number of hydrogen-bond donors (Lipinski definition) is 2. The molecule has 2 atom stereocenters. The van der Waals surface area contributed by atoms with Crippen LogP contribution in [-0.4, -0.2) is 35.1 Å². The van der Waals surface area contributed by atoms with E-state index in [2.05, 4.69) is 5.32 Å². The molecule has 2 amide bonds. The molecule has 0 unspecified atom stereocenters. The van der Waals surface area contributed by atoms with E-state index in [0.717, 1.165) is 18.4 Å². The van der Waals surface area contributed by atoms with Crippen LogP contribution < -0.4 is 5.32 Å². The van der Waals surface area contributed by atoms with Gasteiger partial charge in [0.1, 0.15) is 0 Å². The summed E-state index contributed by atoms with van der Waals surface area (Å²) in [5, 5.41) is 13.0. The largest absolute Gasteiger partial charge is 0.481 e. The number of nitrogens with zero attached hydrogens (tertiary/aromatic N) is 1. The van der Waals surface area contributed by atoms with Crippen LogP contribution in [0.3, 0.4) is 0 Å². The highest BCUT2D eigenvalue weighted by molar-refractivity contribution is 6.31. The maximum absolute atomic E-state index is 12.4. The van der Waals surface area contributed by atoms with Gasteiger partial charge < -0.3 is 15.3 Å². The molecule has 22 heavy (non-hydrogen) atoms. The molecule has 1 heterocycles. The molecule has 1 aliphatic carbocycles. The number of anilines is 1. The molecule has 3 rings (SSSR count). The number of halogens is 1. The Morgan fingerprint density at radius 1 is 1.45 bits per heavy atom. The third-order valence-corrected chi connectivity index (χ3v) is 5.41. The summed E-state index contributed by atoms with van der Waals surface area (Å²) >= 11 is 6.06. The number of benzene rings is 1. The van der Waals surface area contributed by atoms with E-state index < -0.39 is 11.4 Å². The van der Waals surface area contributed by atoms with Gasteiger partial charge in [-0.25, -0.2) is 4.79 Å². The summed E-state index contributed by atoms with van der Waals surface area (Å²) in [6.45, 7) is 2.70. The van der Waals surface area contributed by atoms with E-state index in [1.54, 1.807) is 17.0 Å². The normalized spacial score (nSPS) is 26.8. The predicted molar refractivity (Wildman–Crippen MR) is 84.2 cm³/mol. The number of carbonyl (C=O) groups excluding carboxylic acids is 1. The molecule has 6 heteroatoms. The highest BCUT2D eigenvalue weighted by Crippen LogP contribution is 2.48. The standard InChI is InChI=1S/C16H19ClN2O3/c1-10-4-5-12(7-13(10)17)18-15(22)19-8-11-3-2-6-16(11,9-19)14(20)21/h4-5,7,11H,2-3,6,8-9H2,1H3,(H,18,22)(H,20,21)/t11-,16+/m0/s1. The lowest BCUT2D eigenvalue weighted by Gasteiger charge is -2.23. The molecule has 118 valence electrons. The number of rotatable bonds is 2. The Morgan fingerprint density at radius 3 is 2.86 bits per heavy atom. The highest BCUT2D eigenvalue weighted by atomic mass is 35.5. The molecule has 1 aromatic rings. The number of fused-ring (bicyclic) bond motifs is 1. The molecule has 1 saturated heterocycles. The zero-order chi connectivity index (χ0) is 15.9. The number of likely N-dealkylation sites (tertiary alicyclic amines) is 1. The Kier molecular flexibility index (Phi) is 3.77. The topological polar surface area (TPSA) is 69.6 Å². The highest BCUT2D eigenvalue weighted by Gasteiger charge is 2.55. The zero-order valence-corrected chi connectivity index (χ0v) is 13.2. The molecule has 1 saturated carbocycles. The molecule has 2 fully saturated rings. The van der Waals surface area contributed by atoms with Gasteiger partial charge in [0, 0.05) is 23.8 Å². The lowest BCUT2D eigenvalue weighted by atomic mass is 9.81. The molecule has 0 spiro atoms. The van der Waals surface area contributed by atoms with Crippen molar-refractivity contribution in [2.45, 2.75) is 26.2 Å². The van der Waals surface area contributed by atoms with Gasteiger partial charge in [-0.2, -0.15) is 0 Å². The number of amides is 2. The number of urea groups is 1. The zero-order valence-electron chi connectivity index (χ0n) is 12.4. The van der Waals surface area contributed by atoms with Crippen molar-refractivity contribution in [1.29, 1.82) is 0 Å².